The van der Waals surface area contributed by atoms with Gasteiger partial charge < -0.3 is 14.6 Å². The number of pyridine rings is 1. The van der Waals surface area contributed by atoms with Crippen molar-refractivity contribution in [3.05, 3.63) is 95.6 Å². The molecule has 2 atom stereocenters. The maximum atomic E-state index is 10.1. The summed E-state index contributed by atoms with van der Waals surface area (Å²) >= 11 is 0. The molecule has 0 saturated carbocycles. The number of para-hydroxylation sites is 1. The number of aliphatic imine (C=N–C) groups is 1. The van der Waals surface area contributed by atoms with Gasteiger partial charge in [0.2, 0.25) is 5.88 Å². The molecule has 6 rings (SSSR count). The Kier molecular flexibility index (Phi) is 6.14. The van der Waals surface area contributed by atoms with E-state index in [9.17, 15) is 5.11 Å². The largest absolute Gasteiger partial charge is 0.514 e. The van der Waals surface area contributed by atoms with Crippen LogP contribution in [0.2, 0.25) is 0 Å². The van der Waals surface area contributed by atoms with Gasteiger partial charge in [-0.05, 0) is 36.1 Å². The first-order chi connectivity index (χ1) is 16.5. The molecule has 0 fully saturated rings. The number of aromatic hydroxyl groups is 1. The van der Waals surface area contributed by atoms with E-state index >= 15 is 0 Å². The molecule has 1 aliphatic heterocycles. The molecule has 180 valence electrons. The van der Waals surface area contributed by atoms with E-state index in [-0.39, 0.29) is 44.4 Å². The van der Waals surface area contributed by atoms with Crippen molar-refractivity contribution in [3.63, 3.8) is 0 Å². The first kappa shape index (κ1) is 23.6. The summed E-state index contributed by atoms with van der Waals surface area (Å²) in [6.07, 6.45) is 2.05. The molecular weight excluding hydrogens is 619 g/mol. The fraction of sp³-hybridized carbons (Fsp3) is 0.241. The molecule has 6 heteroatoms. The number of nitrogens with zero attached hydrogens (tertiary/aromatic N) is 2. The molecule has 5 nitrogen and oxygen atoms in total. The van der Waals surface area contributed by atoms with Crippen LogP contribution in [0.3, 0.4) is 0 Å². The van der Waals surface area contributed by atoms with Crippen LogP contribution in [0.1, 0.15) is 43.0 Å². The predicted molar refractivity (Wildman–Crippen MR) is 131 cm³/mol. The smallest absolute Gasteiger partial charge is 0.217 e. The summed E-state index contributed by atoms with van der Waals surface area (Å²) in [7, 11) is 0. The number of aryl methyl sites for hydroxylation is 1. The second-order valence-corrected chi connectivity index (χ2v) is 9.63. The zero-order valence-electron chi connectivity index (χ0n) is 19.5. The summed E-state index contributed by atoms with van der Waals surface area (Å²) in [4.78, 5) is 9.49. The monoisotopic (exact) mass is 644 g/mol. The van der Waals surface area contributed by atoms with E-state index in [0.29, 0.717) is 23.0 Å². The number of fused-ring (bicyclic) bond motifs is 4. The van der Waals surface area contributed by atoms with Crippen molar-refractivity contribution < 1.29 is 35.6 Å². The van der Waals surface area contributed by atoms with E-state index in [1.165, 1.54) is 11.1 Å². The molecule has 0 bridgehead atoms. The second-order valence-electron chi connectivity index (χ2n) is 9.63. The number of rotatable bonds is 3. The minimum atomic E-state index is -0.0354. The first-order valence-corrected chi connectivity index (χ1v) is 11.6. The van der Waals surface area contributed by atoms with Gasteiger partial charge in [0.15, 0.2) is 0 Å². The van der Waals surface area contributed by atoms with E-state index in [4.69, 9.17) is 14.5 Å². The molecule has 1 aliphatic carbocycles. The number of hydrogen-bond acceptors (Lipinski definition) is 5. The topological polar surface area (TPSA) is 63.9 Å². The number of benzene rings is 3. The van der Waals surface area contributed by atoms with Gasteiger partial charge in [0, 0.05) is 43.7 Å². The number of aromatic nitrogens is 1. The van der Waals surface area contributed by atoms with Crippen molar-refractivity contribution in [1.82, 2.24) is 4.98 Å². The first-order valence-electron chi connectivity index (χ1n) is 11.6. The molecule has 0 unspecified atom stereocenters. The van der Waals surface area contributed by atoms with Crippen molar-refractivity contribution in [2.75, 3.05) is 0 Å². The third kappa shape index (κ3) is 4.34. The van der Waals surface area contributed by atoms with Gasteiger partial charge in [0.05, 0.1) is 0 Å². The van der Waals surface area contributed by atoms with Crippen LogP contribution >= 0.6 is 0 Å². The van der Waals surface area contributed by atoms with Gasteiger partial charge in [-0.2, -0.15) is 0 Å². The second kappa shape index (κ2) is 9.12. The van der Waals surface area contributed by atoms with E-state index < -0.39 is 0 Å². The summed E-state index contributed by atoms with van der Waals surface area (Å²) in [5.74, 6) is 1.61. The Morgan fingerprint density at radius 3 is 2.71 bits per heavy atom. The van der Waals surface area contributed by atoms with E-state index in [2.05, 4.69) is 49.2 Å². The van der Waals surface area contributed by atoms with Gasteiger partial charge in [-0.25, -0.2) is 4.98 Å². The molecule has 1 aromatic heterocycles. The molecule has 4 aromatic rings. The Bertz CT molecular complexity index is 1430. The maximum Gasteiger partial charge on any atom is 0.217 e. The van der Waals surface area contributed by atoms with Crippen LogP contribution in [0.15, 0.2) is 77.8 Å². The SMILES string of the molecule is CC1(C)CCc2ccccc2[C@@H]2N=C(c3[c-]c(Oc4ccc5cccc(O)c5n4)ccc3)O[C@H]21.[Pt]. The van der Waals surface area contributed by atoms with Crippen LogP contribution in [-0.2, 0) is 32.2 Å². The Balaban J connectivity index is 0.00000253. The normalized spacial score (nSPS) is 20.0. The zero-order chi connectivity index (χ0) is 23.3. The van der Waals surface area contributed by atoms with Crippen LogP contribution in [0.5, 0.6) is 17.4 Å². The maximum absolute atomic E-state index is 10.1. The van der Waals surface area contributed by atoms with Crippen molar-refractivity contribution in [3.8, 4) is 17.4 Å². The average Bonchev–Trinajstić information content (AvgIpc) is 3.27. The molecule has 0 spiro atoms. The summed E-state index contributed by atoms with van der Waals surface area (Å²) < 4.78 is 12.5. The van der Waals surface area contributed by atoms with Gasteiger partial charge >= 0.3 is 0 Å². The van der Waals surface area contributed by atoms with Gasteiger partial charge in [0.25, 0.3) is 0 Å². The Morgan fingerprint density at radius 1 is 1.00 bits per heavy atom. The van der Waals surface area contributed by atoms with Crippen molar-refractivity contribution >= 4 is 16.8 Å². The number of ether oxygens (including phenoxy) is 2. The van der Waals surface area contributed by atoms with E-state index in [1.54, 1.807) is 18.2 Å². The molecular formula is C29H25N2O3Pt-. The molecule has 2 aliphatic rings. The van der Waals surface area contributed by atoms with Crippen molar-refractivity contribution in [1.29, 1.82) is 0 Å². The quantitative estimate of drug-likeness (QED) is 0.263. The van der Waals surface area contributed by atoms with Crippen LogP contribution < -0.4 is 4.74 Å². The minimum absolute atomic E-state index is 0. The van der Waals surface area contributed by atoms with E-state index in [1.807, 2.05) is 30.3 Å². The number of hydrogen-bond donors (Lipinski definition) is 1. The van der Waals surface area contributed by atoms with Crippen molar-refractivity contribution in [2.24, 2.45) is 10.4 Å². The molecule has 2 heterocycles. The third-order valence-electron chi connectivity index (χ3n) is 6.85. The number of phenolic OH excluding ortho intramolecular Hbond substituents is 1. The standard InChI is InChI=1S/C29H25N2O3.Pt/c1-29(2)16-15-18-7-3-4-11-22(18)26-27(29)34-28(31-26)20-9-5-10-21(17-20)33-24-14-13-19-8-6-12-23(32)25(19)30-24;/h3-14,26-27,32H,15-16H2,1-2H3;/q-1;/t26-,27+;/m0./s1. The fourth-order valence-corrected chi connectivity index (χ4v) is 4.93. The van der Waals surface area contributed by atoms with Gasteiger partial charge in [-0.15, -0.1) is 18.2 Å². The molecule has 0 saturated heterocycles. The van der Waals surface area contributed by atoms with Crippen LogP contribution in [0, 0.1) is 11.5 Å². The molecule has 3 aromatic carbocycles. The van der Waals surface area contributed by atoms with Crippen molar-refractivity contribution in [2.45, 2.75) is 38.8 Å². The minimum Gasteiger partial charge on any atom is -0.514 e. The predicted octanol–water partition coefficient (Wildman–Crippen LogP) is 6.39. The number of phenols is 1. The van der Waals surface area contributed by atoms with Crippen LogP contribution in [0.4, 0.5) is 0 Å². The fourth-order valence-electron chi connectivity index (χ4n) is 4.93. The van der Waals surface area contributed by atoms with Gasteiger partial charge in [-0.3, -0.25) is 4.99 Å². The zero-order valence-corrected chi connectivity index (χ0v) is 21.7. The summed E-state index contributed by atoms with van der Waals surface area (Å²) in [5.41, 5.74) is 3.84. The molecule has 1 N–H and O–H groups in total. The molecule has 35 heavy (non-hydrogen) atoms. The van der Waals surface area contributed by atoms with Crippen LogP contribution in [-0.4, -0.2) is 22.1 Å². The third-order valence-corrected chi connectivity index (χ3v) is 6.85. The van der Waals surface area contributed by atoms with Crippen LogP contribution in [0.25, 0.3) is 10.9 Å². The van der Waals surface area contributed by atoms with Gasteiger partial charge in [0.1, 0.15) is 29.3 Å². The molecule has 0 amide bonds. The summed E-state index contributed by atoms with van der Waals surface area (Å²) in [6, 6.07) is 26.4. The average molecular weight is 645 g/mol. The summed E-state index contributed by atoms with van der Waals surface area (Å²) in [5, 5.41) is 11.0. The Hall–Kier alpha value is -3.17. The summed E-state index contributed by atoms with van der Waals surface area (Å²) in [6.45, 7) is 4.53. The Labute approximate surface area is 219 Å². The Morgan fingerprint density at radius 2 is 1.83 bits per heavy atom. The van der Waals surface area contributed by atoms with E-state index in [0.717, 1.165) is 23.8 Å². The van der Waals surface area contributed by atoms with Gasteiger partial charge in [-0.1, -0.05) is 61.9 Å². The molecule has 0 radical (unpaired) electrons.